The molecule has 3 rings (SSSR count). The van der Waals surface area contributed by atoms with Crippen molar-refractivity contribution in [2.24, 2.45) is 11.8 Å². The molecule has 0 radical (unpaired) electrons. The molecule has 2 fully saturated rings. The fourth-order valence-electron chi connectivity index (χ4n) is 3.67. The molecular weight excluding hydrogens is 311 g/mol. The molecule has 124 valence electrons. The summed E-state index contributed by atoms with van der Waals surface area (Å²) in [6.07, 6.45) is -3.92. The molecule has 2 aliphatic rings. The average molecular weight is 327 g/mol. The molecule has 3 unspecified atom stereocenters. The monoisotopic (exact) mass is 327 g/mol. The smallest absolute Gasteiger partial charge is 0.416 e. The van der Waals surface area contributed by atoms with E-state index >= 15 is 0 Å². The van der Waals surface area contributed by atoms with E-state index in [4.69, 9.17) is 4.74 Å². The Morgan fingerprint density at radius 2 is 1.83 bits per heavy atom. The van der Waals surface area contributed by atoms with E-state index < -0.39 is 35.2 Å². The Bertz CT molecular complexity index is 641. The highest BCUT2D eigenvalue weighted by atomic mass is 19.4. The Balaban J connectivity index is 2.16. The Morgan fingerprint density at radius 3 is 2.39 bits per heavy atom. The van der Waals surface area contributed by atoms with Crippen molar-refractivity contribution in [1.82, 2.24) is 5.32 Å². The van der Waals surface area contributed by atoms with E-state index in [0.29, 0.717) is 18.6 Å². The third-order valence-electron chi connectivity index (χ3n) is 4.82. The maximum atomic E-state index is 14.0. The van der Waals surface area contributed by atoms with Crippen molar-refractivity contribution in [2.45, 2.75) is 31.0 Å². The number of hydrogen-bond donors (Lipinski definition) is 1. The van der Waals surface area contributed by atoms with Gasteiger partial charge in [0.1, 0.15) is 5.75 Å². The molecule has 1 amide bonds. The number of rotatable bonds is 2. The molecule has 1 heterocycles. The number of carbonyl (C=O) groups is 2. The summed E-state index contributed by atoms with van der Waals surface area (Å²) in [7, 11) is 1.41. The minimum atomic E-state index is -4.78. The Kier molecular flexibility index (Phi) is 3.61. The van der Waals surface area contributed by atoms with Gasteiger partial charge in [-0.1, -0.05) is 18.6 Å². The van der Waals surface area contributed by atoms with Crippen LogP contribution in [0.3, 0.4) is 0 Å². The number of nitrogens with one attached hydrogen (secondary N) is 1. The van der Waals surface area contributed by atoms with Crippen LogP contribution in [0.2, 0.25) is 0 Å². The highest BCUT2D eigenvalue weighted by Crippen LogP contribution is 2.51. The third-order valence-corrected chi connectivity index (χ3v) is 4.82. The van der Waals surface area contributed by atoms with Gasteiger partial charge in [0.2, 0.25) is 5.91 Å². The number of methoxy groups -OCH3 is 1. The first-order valence-electron chi connectivity index (χ1n) is 7.38. The minimum Gasteiger partial charge on any atom is -0.497 e. The molecule has 1 aliphatic carbocycles. The maximum absolute atomic E-state index is 14.0. The molecule has 0 aromatic heterocycles. The van der Waals surface area contributed by atoms with Gasteiger partial charge in [0.05, 0.1) is 18.9 Å². The van der Waals surface area contributed by atoms with Crippen LogP contribution in [0, 0.1) is 11.8 Å². The topological polar surface area (TPSA) is 55.4 Å². The number of alkyl halides is 3. The van der Waals surface area contributed by atoms with E-state index in [2.05, 4.69) is 5.32 Å². The highest BCUT2D eigenvalue weighted by Gasteiger charge is 2.67. The van der Waals surface area contributed by atoms with Gasteiger partial charge in [0.25, 0.3) is 0 Å². The maximum Gasteiger partial charge on any atom is 0.416 e. The predicted molar refractivity (Wildman–Crippen MR) is 74.7 cm³/mol. The largest absolute Gasteiger partial charge is 0.497 e. The molecule has 7 heteroatoms. The van der Waals surface area contributed by atoms with Crippen LogP contribution in [0.25, 0.3) is 0 Å². The lowest BCUT2D eigenvalue weighted by Crippen LogP contribution is -2.69. The number of benzene rings is 1. The molecule has 1 aliphatic heterocycles. The highest BCUT2D eigenvalue weighted by molar-refractivity contribution is 6.06. The normalized spacial score (nSPS) is 30.8. The second kappa shape index (κ2) is 5.25. The van der Waals surface area contributed by atoms with Crippen LogP contribution >= 0.6 is 0 Å². The minimum absolute atomic E-state index is 0.112. The molecule has 0 spiro atoms. The van der Waals surface area contributed by atoms with Crippen LogP contribution in [0.15, 0.2) is 24.3 Å². The van der Waals surface area contributed by atoms with Crippen molar-refractivity contribution in [1.29, 1.82) is 0 Å². The van der Waals surface area contributed by atoms with E-state index in [1.807, 2.05) is 0 Å². The van der Waals surface area contributed by atoms with E-state index in [9.17, 15) is 22.8 Å². The third kappa shape index (κ3) is 2.21. The molecule has 1 N–H and O–H groups in total. The predicted octanol–water partition coefficient (Wildman–Crippen LogP) is 2.57. The lowest BCUT2D eigenvalue weighted by Gasteiger charge is -2.49. The Labute approximate surface area is 131 Å². The summed E-state index contributed by atoms with van der Waals surface area (Å²) in [5.41, 5.74) is -2.80. The van der Waals surface area contributed by atoms with Crippen LogP contribution in [0.5, 0.6) is 5.75 Å². The molecule has 1 saturated heterocycles. The number of fused-ring (bicyclic) bond motifs is 2. The molecule has 1 aromatic rings. The lowest BCUT2D eigenvalue weighted by molar-refractivity contribution is -0.227. The molecule has 2 bridgehead atoms. The zero-order valence-corrected chi connectivity index (χ0v) is 12.4. The quantitative estimate of drug-likeness (QED) is 0.850. The van der Waals surface area contributed by atoms with Gasteiger partial charge < -0.3 is 10.1 Å². The van der Waals surface area contributed by atoms with E-state index in [-0.39, 0.29) is 12.0 Å². The fourth-order valence-corrected chi connectivity index (χ4v) is 3.67. The number of piperidine rings is 1. The van der Waals surface area contributed by atoms with Gasteiger partial charge in [0, 0.05) is 0 Å². The van der Waals surface area contributed by atoms with Gasteiger partial charge in [-0.15, -0.1) is 0 Å². The summed E-state index contributed by atoms with van der Waals surface area (Å²) in [6.45, 7) is 0. The molecule has 3 atom stereocenters. The second-order valence-electron chi connectivity index (χ2n) is 5.96. The summed E-state index contributed by atoms with van der Waals surface area (Å²) in [5.74, 6) is -3.27. The van der Waals surface area contributed by atoms with Crippen LogP contribution in [-0.4, -0.2) is 25.0 Å². The molecule has 1 saturated carbocycles. The number of ketones is 1. The van der Waals surface area contributed by atoms with Gasteiger partial charge in [-0.2, -0.15) is 13.2 Å². The average Bonchev–Trinajstić information content (AvgIpc) is 2.50. The number of amides is 1. The van der Waals surface area contributed by atoms with Crippen molar-refractivity contribution in [3.63, 3.8) is 0 Å². The van der Waals surface area contributed by atoms with Crippen molar-refractivity contribution < 1.29 is 27.5 Å². The Morgan fingerprint density at radius 1 is 1.17 bits per heavy atom. The second-order valence-corrected chi connectivity index (χ2v) is 5.96. The van der Waals surface area contributed by atoms with Gasteiger partial charge in [-0.3, -0.25) is 9.59 Å². The number of carbonyl (C=O) groups excluding carboxylic acids is 2. The zero-order chi connectivity index (χ0) is 16.8. The van der Waals surface area contributed by atoms with E-state index in [1.165, 1.54) is 31.4 Å². The Hall–Kier alpha value is -2.05. The molecule has 23 heavy (non-hydrogen) atoms. The first-order valence-corrected chi connectivity index (χ1v) is 7.38. The summed E-state index contributed by atoms with van der Waals surface area (Å²) in [4.78, 5) is 24.5. The van der Waals surface area contributed by atoms with E-state index in [0.717, 1.165) is 0 Å². The van der Waals surface area contributed by atoms with Gasteiger partial charge in [-0.25, -0.2) is 0 Å². The van der Waals surface area contributed by atoms with Crippen LogP contribution in [0.1, 0.15) is 24.8 Å². The van der Waals surface area contributed by atoms with Crippen LogP contribution < -0.4 is 10.1 Å². The van der Waals surface area contributed by atoms with Crippen molar-refractivity contribution in [2.75, 3.05) is 7.11 Å². The van der Waals surface area contributed by atoms with Crippen LogP contribution in [-0.2, 0) is 15.1 Å². The van der Waals surface area contributed by atoms with Gasteiger partial charge >= 0.3 is 6.18 Å². The van der Waals surface area contributed by atoms with Gasteiger partial charge in [0.15, 0.2) is 11.3 Å². The van der Waals surface area contributed by atoms with Crippen molar-refractivity contribution >= 4 is 11.7 Å². The number of halogens is 3. The fraction of sp³-hybridized carbons (Fsp3) is 0.500. The zero-order valence-electron chi connectivity index (χ0n) is 12.4. The molecule has 4 nitrogen and oxygen atoms in total. The SMILES string of the molecule is COc1ccc(C2(C(F)(F)F)NC(=O)C3CCCC2C3=O)cc1. The van der Waals surface area contributed by atoms with Crippen molar-refractivity contribution in [3.05, 3.63) is 29.8 Å². The summed E-state index contributed by atoms with van der Waals surface area (Å²) in [5, 5.41) is 2.13. The van der Waals surface area contributed by atoms with Crippen molar-refractivity contribution in [3.8, 4) is 5.75 Å². The number of hydrogen-bond acceptors (Lipinski definition) is 3. The summed E-state index contributed by atoms with van der Waals surface area (Å²) < 4.78 is 47.0. The van der Waals surface area contributed by atoms with E-state index in [1.54, 1.807) is 0 Å². The standard InChI is InChI=1S/C16H16F3NO3/c1-23-10-7-5-9(6-8-10)15(16(17,18)19)12-4-2-3-11(13(12)21)14(22)20-15/h5-8,11-12H,2-4H2,1H3,(H,20,22). The first-order chi connectivity index (χ1) is 10.8. The molecule has 1 aromatic carbocycles. The lowest BCUT2D eigenvalue weighted by atomic mass is 9.63. The summed E-state index contributed by atoms with van der Waals surface area (Å²) in [6, 6.07) is 5.31. The van der Waals surface area contributed by atoms with Crippen LogP contribution in [0.4, 0.5) is 13.2 Å². The number of ether oxygens (including phenoxy) is 1. The molecular formula is C16H16F3NO3. The number of Topliss-reactive ketones (excluding diaryl/α,β-unsaturated/α-hetero) is 1. The first kappa shape index (κ1) is 15.8. The van der Waals surface area contributed by atoms with Gasteiger partial charge in [-0.05, 0) is 30.5 Å². The summed E-state index contributed by atoms with van der Waals surface area (Å²) >= 11 is 0.